The quantitative estimate of drug-likeness (QED) is 0.279. The Labute approximate surface area is 176 Å². The van der Waals surface area contributed by atoms with Crippen LogP contribution in [0.15, 0.2) is 72.8 Å². The molecule has 3 rings (SSSR count). The fourth-order valence-corrected chi connectivity index (χ4v) is 4.19. The summed E-state index contributed by atoms with van der Waals surface area (Å²) in [6, 6.07) is 25.1. The van der Waals surface area contributed by atoms with E-state index in [9.17, 15) is 4.79 Å². The van der Waals surface area contributed by atoms with Crippen LogP contribution in [0.1, 0.15) is 52.9 Å². The Morgan fingerprint density at radius 3 is 1.93 bits per heavy atom. The molecule has 0 saturated heterocycles. The largest absolute Gasteiger partial charge is 0.294 e. The van der Waals surface area contributed by atoms with Gasteiger partial charge in [-0.1, -0.05) is 86.6 Å². The number of hydrogen-bond donors (Lipinski definition) is 0. The van der Waals surface area contributed by atoms with Crippen LogP contribution in [-0.2, 0) is 12.8 Å². The molecule has 0 atom stereocenters. The van der Waals surface area contributed by atoms with Crippen LogP contribution in [0.4, 0.5) is 0 Å². The van der Waals surface area contributed by atoms with Gasteiger partial charge in [-0.3, -0.25) is 4.79 Å². The highest BCUT2D eigenvalue weighted by Crippen LogP contribution is 2.28. The molecular formula is C25H25IO. The van der Waals surface area contributed by atoms with Crippen molar-refractivity contribution >= 4 is 28.4 Å². The van der Waals surface area contributed by atoms with Crippen LogP contribution in [0.25, 0.3) is 0 Å². The number of hydrogen-bond acceptors (Lipinski definition) is 1. The molecule has 3 aromatic carbocycles. The van der Waals surface area contributed by atoms with E-state index < -0.39 is 0 Å². The first kappa shape index (κ1) is 19.8. The summed E-state index contributed by atoms with van der Waals surface area (Å²) in [6.45, 7) is 4.20. The Balaban J connectivity index is 2.00. The highest BCUT2D eigenvalue weighted by molar-refractivity contribution is 14.1. The van der Waals surface area contributed by atoms with Gasteiger partial charge in [0, 0.05) is 15.6 Å². The van der Waals surface area contributed by atoms with Gasteiger partial charge < -0.3 is 0 Å². The van der Waals surface area contributed by atoms with Gasteiger partial charge in [-0.15, -0.1) is 0 Å². The molecule has 0 aromatic heterocycles. The molecule has 0 aliphatic rings. The zero-order valence-electron chi connectivity index (χ0n) is 15.9. The van der Waals surface area contributed by atoms with Crippen LogP contribution in [0.2, 0.25) is 0 Å². The average molecular weight is 468 g/mol. The van der Waals surface area contributed by atoms with Crippen molar-refractivity contribution in [2.75, 3.05) is 0 Å². The van der Waals surface area contributed by atoms with Gasteiger partial charge >= 0.3 is 0 Å². The van der Waals surface area contributed by atoms with E-state index >= 15 is 0 Å². The molecule has 1 nitrogen and oxygen atoms in total. The number of ketones is 1. The number of rotatable bonds is 7. The minimum atomic E-state index is 0.250. The second-order valence-electron chi connectivity index (χ2n) is 7.41. The van der Waals surface area contributed by atoms with Crippen LogP contribution >= 0.6 is 22.6 Å². The molecule has 2 heteroatoms. The van der Waals surface area contributed by atoms with Crippen LogP contribution < -0.4 is 0 Å². The molecule has 0 aliphatic heterocycles. The summed E-state index contributed by atoms with van der Waals surface area (Å²) in [5.41, 5.74) is 5.87. The van der Waals surface area contributed by atoms with Crippen LogP contribution in [0, 0.1) is 9.49 Å². The van der Waals surface area contributed by atoms with Crippen molar-refractivity contribution in [3.63, 3.8) is 0 Å². The number of Topliss-reactive ketones (excluding diaryl/α,β-unsaturated/α-hetero) is 1. The first-order chi connectivity index (χ1) is 13.0. The van der Waals surface area contributed by atoms with Gasteiger partial charge in [0.25, 0.3) is 0 Å². The Hall–Kier alpha value is -1.94. The summed E-state index contributed by atoms with van der Waals surface area (Å²) in [5, 5.41) is 0. The molecule has 0 unspecified atom stereocenters. The normalized spacial score (nSPS) is 11.0. The maximum Gasteiger partial charge on any atom is 0.163 e. The Bertz CT molecular complexity index is 898. The molecule has 27 heavy (non-hydrogen) atoms. The molecule has 0 spiro atoms. The lowest BCUT2D eigenvalue weighted by Crippen LogP contribution is -2.11. The van der Waals surface area contributed by atoms with Crippen molar-refractivity contribution < 1.29 is 4.79 Å². The number of carbonyl (C=O) groups is 1. The van der Waals surface area contributed by atoms with Crippen molar-refractivity contribution in [3.05, 3.63) is 104 Å². The van der Waals surface area contributed by atoms with Gasteiger partial charge in [-0.05, 0) is 63.6 Å². The molecule has 0 aliphatic carbocycles. The molecule has 3 aromatic rings. The molecule has 0 radical (unpaired) electrons. The van der Waals surface area contributed by atoms with Crippen molar-refractivity contribution in [2.24, 2.45) is 5.92 Å². The minimum Gasteiger partial charge on any atom is -0.294 e. The third-order valence-electron chi connectivity index (χ3n) is 4.68. The molecule has 0 bridgehead atoms. The number of halogens is 1. The monoisotopic (exact) mass is 468 g/mol. The summed E-state index contributed by atoms with van der Waals surface area (Å²) in [6.07, 6.45) is 2.27. The summed E-state index contributed by atoms with van der Waals surface area (Å²) in [5.74, 6) is 0.615. The summed E-state index contributed by atoms with van der Waals surface area (Å²) in [4.78, 5) is 12.9. The van der Waals surface area contributed by atoms with Gasteiger partial charge in [-0.25, -0.2) is 0 Å². The SMILES string of the molecule is CC(C)CC(=O)c1ccc(Cc2ccccc2)c(I)c1Cc1ccccc1. The van der Waals surface area contributed by atoms with Gasteiger partial charge in [0.15, 0.2) is 5.78 Å². The van der Waals surface area contributed by atoms with Crippen LogP contribution in [-0.4, -0.2) is 5.78 Å². The number of benzene rings is 3. The zero-order valence-corrected chi connectivity index (χ0v) is 18.1. The standard InChI is InChI=1S/C25H25IO/c1-18(2)15-24(27)22-14-13-21(16-19-9-5-3-6-10-19)25(26)23(22)17-20-11-7-4-8-12-20/h3-14,18H,15-17H2,1-2H3. The Morgan fingerprint density at radius 2 is 1.37 bits per heavy atom. The topological polar surface area (TPSA) is 17.1 Å². The van der Waals surface area contributed by atoms with E-state index in [-0.39, 0.29) is 5.78 Å². The van der Waals surface area contributed by atoms with Crippen LogP contribution in [0.3, 0.4) is 0 Å². The summed E-state index contributed by atoms with van der Waals surface area (Å²) < 4.78 is 1.22. The Kier molecular flexibility index (Phi) is 6.84. The van der Waals surface area contributed by atoms with Gasteiger partial charge in [-0.2, -0.15) is 0 Å². The first-order valence-corrected chi connectivity index (χ1v) is 10.5. The lowest BCUT2D eigenvalue weighted by atomic mass is 9.91. The smallest absolute Gasteiger partial charge is 0.163 e. The van der Waals surface area contributed by atoms with E-state index in [1.54, 1.807) is 0 Å². The predicted octanol–water partition coefficient (Wildman–Crippen LogP) is 6.70. The second kappa shape index (κ2) is 9.32. The van der Waals surface area contributed by atoms with Gasteiger partial charge in [0.05, 0.1) is 0 Å². The molecule has 0 heterocycles. The summed E-state index contributed by atoms with van der Waals surface area (Å²) in [7, 11) is 0. The van der Waals surface area contributed by atoms with E-state index in [1.807, 2.05) is 18.2 Å². The van der Waals surface area contributed by atoms with Crippen molar-refractivity contribution in [2.45, 2.75) is 33.1 Å². The van der Waals surface area contributed by atoms with E-state index in [2.05, 4.69) is 91.0 Å². The number of carbonyl (C=O) groups excluding carboxylic acids is 1. The predicted molar refractivity (Wildman–Crippen MR) is 121 cm³/mol. The van der Waals surface area contributed by atoms with Crippen LogP contribution in [0.5, 0.6) is 0 Å². The maximum atomic E-state index is 12.9. The van der Waals surface area contributed by atoms with Gasteiger partial charge in [0.2, 0.25) is 0 Å². The Morgan fingerprint density at radius 1 is 0.815 bits per heavy atom. The lowest BCUT2D eigenvalue weighted by molar-refractivity contribution is 0.0967. The van der Waals surface area contributed by atoms with E-state index in [1.165, 1.54) is 25.8 Å². The van der Waals surface area contributed by atoms with Gasteiger partial charge in [0.1, 0.15) is 0 Å². The van der Waals surface area contributed by atoms with E-state index in [0.29, 0.717) is 12.3 Å². The fourth-order valence-electron chi connectivity index (χ4n) is 3.34. The highest BCUT2D eigenvalue weighted by Gasteiger charge is 2.18. The minimum absolute atomic E-state index is 0.250. The third kappa shape index (κ3) is 5.29. The highest BCUT2D eigenvalue weighted by atomic mass is 127. The first-order valence-electron chi connectivity index (χ1n) is 9.46. The molecule has 138 valence electrons. The lowest BCUT2D eigenvalue weighted by Gasteiger charge is -2.16. The molecule has 0 saturated carbocycles. The van der Waals surface area contributed by atoms with Crippen molar-refractivity contribution in [1.82, 2.24) is 0 Å². The summed E-state index contributed by atoms with van der Waals surface area (Å²) >= 11 is 2.43. The van der Waals surface area contributed by atoms with Crippen molar-refractivity contribution in [1.29, 1.82) is 0 Å². The second-order valence-corrected chi connectivity index (χ2v) is 8.49. The molecule has 0 N–H and O–H groups in total. The average Bonchev–Trinajstić information content (AvgIpc) is 2.66. The van der Waals surface area contributed by atoms with E-state index in [4.69, 9.17) is 0 Å². The molecule has 0 amide bonds. The van der Waals surface area contributed by atoms with E-state index in [0.717, 1.165) is 18.4 Å². The molecular weight excluding hydrogens is 443 g/mol. The molecule has 0 fully saturated rings. The maximum absolute atomic E-state index is 12.9. The zero-order chi connectivity index (χ0) is 19.2. The fraction of sp³-hybridized carbons (Fsp3) is 0.240. The van der Waals surface area contributed by atoms with Crippen molar-refractivity contribution in [3.8, 4) is 0 Å². The third-order valence-corrected chi connectivity index (χ3v) is 6.02.